The number of hydrogen-bond donors (Lipinski definition) is 0. The third-order valence-corrected chi connectivity index (χ3v) is 9.15. The predicted octanol–water partition coefficient (Wildman–Crippen LogP) is 9.57. The number of rotatable bonds is 14. The van der Waals surface area contributed by atoms with Crippen molar-refractivity contribution in [3.63, 3.8) is 0 Å². The molecule has 0 aliphatic carbocycles. The molecule has 0 bridgehead atoms. The molecule has 0 atom stereocenters. The van der Waals surface area contributed by atoms with E-state index in [9.17, 15) is 9.18 Å². The highest BCUT2D eigenvalue weighted by atomic mass is 35.5. The van der Waals surface area contributed by atoms with Crippen LogP contribution in [0.25, 0.3) is 6.08 Å². The third kappa shape index (κ3) is 11.7. The van der Waals surface area contributed by atoms with Crippen molar-refractivity contribution in [2.75, 3.05) is 26.2 Å². The van der Waals surface area contributed by atoms with E-state index < -0.39 is 0 Å². The second-order valence-electron chi connectivity index (χ2n) is 13.5. The third-order valence-electron chi connectivity index (χ3n) is 8.87. The van der Waals surface area contributed by atoms with Crippen LogP contribution in [0.15, 0.2) is 103 Å². The van der Waals surface area contributed by atoms with E-state index in [1.807, 2.05) is 74.2 Å². The smallest absolute Gasteiger partial charge is 0.246 e. The van der Waals surface area contributed by atoms with Crippen LogP contribution in [-0.4, -0.2) is 53.0 Å². The van der Waals surface area contributed by atoms with Crippen molar-refractivity contribution >= 4 is 36.0 Å². The highest BCUT2D eigenvalue weighted by molar-refractivity contribution is 6.32. The van der Waals surface area contributed by atoms with Gasteiger partial charge in [-0.15, -0.1) is 12.4 Å². The lowest BCUT2D eigenvalue weighted by molar-refractivity contribution is -0.127. The topological polar surface area (TPSA) is 97.2 Å². The molecule has 1 aliphatic heterocycles. The number of nitrogens with zero attached hydrogens (tertiary/aromatic N) is 4. The number of halogens is 3. The van der Waals surface area contributed by atoms with Crippen LogP contribution in [0.5, 0.6) is 28.9 Å². The monoisotopic (exact) mass is 796 g/mol. The minimum atomic E-state index is -0.306. The molecule has 4 aromatic carbocycles. The zero-order chi connectivity index (χ0) is 38.7. The van der Waals surface area contributed by atoms with Crippen molar-refractivity contribution in [2.45, 2.75) is 46.6 Å². The molecule has 12 heteroatoms. The Hall–Kier alpha value is -5.60. The second-order valence-corrected chi connectivity index (χ2v) is 13.9. The van der Waals surface area contributed by atoms with Gasteiger partial charge >= 0.3 is 0 Å². The average Bonchev–Trinajstić information content (AvgIpc) is 3.18. The molecule has 0 spiro atoms. The maximum atomic E-state index is 15.0. The Morgan fingerprint density at radius 2 is 1.57 bits per heavy atom. The molecule has 1 saturated heterocycles. The number of hydrogen-bond acceptors (Lipinski definition) is 8. The van der Waals surface area contributed by atoms with Gasteiger partial charge in [0, 0.05) is 50.4 Å². The molecule has 290 valence electrons. The highest BCUT2D eigenvalue weighted by Crippen LogP contribution is 2.34. The zero-order valence-electron chi connectivity index (χ0n) is 31.4. The number of aromatic nitrogens is 1. The average molecular weight is 798 g/mol. The highest BCUT2D eigenvalue weighted by Gasteiger charge is 2.20. The van der Waals surface area contributed by atoms with Gasteiger partial charge in [-0.1, -0.05) is 35.9 Å². The molecule has 0 radical (unpaired) electrons. The largest absolute Gasteiger partial charge is 0.491 e. The molecule has 56 heavy (non-hydrogen) atoms. The molecular weight excluding hydrogens is 754 g/mol. The van der Waals surface area contributed by atoms with Crippen molar-refractivity contribution in [3.05, 3.63) is 147 Å². The van der Waals surface area contributed by atoms with Gasteiger partial charge in [0.15, 0.2) is 5.75 Å². The number of aryl methyl sites for hydroxylation is 1. The van der Waals surface area contributed by atoms with Gasteiger partial charge in [0.25, 0.3) is 0 Å². The first-order valence-corrected chi connectivity index (χ1v) is 18.4. The zero-order valence-corrected chi connectivity index (χ0v) is 33.0. The fourth-order valence-electron chi connectivity index (χ4n) is 5.95. The standard InChI is InChI=1S/C44H42ClFN4O5.ClH/c1-30(2)54-38-13-11-37(12-14-38)53-29-36-10-8-35(24-41(36)46)27-49-18-20-50(21-19-49)43(51)17-9-34-22-31(3)44(40(45)23-34)55-42-16-15-39(26-48-42)52-28-33-6-4-32(25-47)5-7-33;/h4-17,22-24,26,30H,18-21,27-29H2,1-3H3;1H. The van der Waals surface area contributed by atoms with Crippen LogP contribution in [0, 0.1) is 24.1 Å². The Balaban J connectivity index is 0.00000600. The number of benzene rings is 4. The summed E-state index contributed by atoms with van der Waals surface area (Å²) in [5.41, 5.74) is 4.44. The first-order valence-electron chi connectivity index (χ1n) is 18.0. The summed E-state index contributed by atoms with van der Waals surface area (Å²) in [7, 11) is 0. The fourth-order valence-corrected chi connectivity index (χ4v) is 6.27. The lowest BCUT2D eigenvalue weighted by Crippen LogP contribution is -2.47. The molecule has 9 nitrogen and oxygen atoms in total. The van der Waals surface area contributed by atoms with E-state index in [0.717, 1.165) is 28.0 Å². The number of amides is 1. The van der Waals surface area contributed by atoms with Crippen molar-refractivity contribution < 1.29 is 28.1 Å². The summed E-state index contributed by atoms with van der Waals surface area (Å²) in [4.78, 5) is 21.4. The molecule has 1 aliphatic rings. The summed E-state index contributed by atoms with van der Waals surface area (Å²) in [6, 6.07) is 29.0. The summed E-state index contributed by atoms with van der Waals surface area (Å²) in [5, 5.41) is 9.35. The number of carbonyl (C=O) groups is 1. The molecular formula is C44H43Cl2FN4O5. The Morgan fingerprint density at radius 3 is 2.21 bits per heavy atom. The lowest BCUT2D eigenvalue weighted by atomic mass is 10.1. The van der Waals surface area contributed by atoms with E-state index in [2.05, 4.69) is 16.0 Å². The van der Waals surface area contributed by atoms with Crippen LogP contribution in [0.4, 0.5) is 4.39 Å². The van der Waals surface area contributed by atoms with Gasteiger partial charge in [0.05, 0.1) is 29.0 Å². The molecule has 0 N–H and O–H groups in total. The molecule has 1 aromatic heterocycles. The van der Waals surface area contributed by atoms with Crippen LogP contribution in [0.1, 0.15) is 47.2 Å². The van der Waals surface area contributed by atoms with Gasteiger partial charge in [-0.25, -0.2) is 9.37 Å². The van der Waals surface area contributed by atoms with Gasteiger partial charge in [-0.05, 0) is 110 Å². The van der Waals surface area contributed by atoms with Crippen LogP contribution in [0.2, 0.25) is 5.02 Å². The van der Waals surface area contributed by atoms with Crippen molar-refractivity contribution in [1.82, 2.24) is 14.8 Å². The van der Waals surface area contributed by atoms with Gasteiger partial charge in [-0.2, -0.15) is 5.26 Å². The second kappa shape index (κ2) is 19.8. The van der Waals surface area contributed by atoms with Crippen LogP contribution < -0.4 is 18.9 Å². The van der Waals surface area contributed by atoms with Crippen LogP contribution >= 0.6 is 24.0 Å². The lowest BCUT2D eigenvalue weighted by Gasteiger charge is -2.34. The van der Waals surface area contributed by atoms with Gasteiger partial charge in [-0.3, -0.25) is 9.69 Å². The first-order chi connectivity index (χ1) is 26.6. The number of piperazine rings is 1. The molecule has 1 fully saturated rings. The Bertz CT molecular complexity index is 2130. The minimum absolute atomic E-state index is 0. The maximum absolute atomic E-state index is 15.0. The first kappa shape index (κ1) is 41.6. The SMILES string of the molecule is Cc1cc(C=CC(=O)N2CCN(Cc3ccc(COc4ccc(OC(C)C)cc4)c(F)c3)CC2)cc(Cl)c1Oc1ccc(OCc2ccc(C#N)cc2)cn1.Cl. The summed E-state index contributed by atoms with van der Waals surface area (Å²) in [6.07, 6.45) is 4.97. The van der Waals surface area contributed by atoms with Gasteiger partial charge in [0.1, 0.15) is 36.3 Å². The van der Waals surface area contributed by atoms with E-state index in [1.54, 1.807) is 60.8 Å². The summed E-state index contributed by atoms with van der Waals surface area (Å²) < 4.78 is 38.2. The Morgan fingerprint density at radius 1 is 0.893 bits per heavy atom. The van der Waals surface area contributed by atoms with Gasteiger partial charge < -0.3 is 23.8 Å². The Kier molecular flexibility index (Phi) is 14.7. The van der Waals surface area contributed by atoms with Crippen molar-refractivity contribution in [3.8, 4) is 34.9 Å². The van der Waals surface area contributed by atoms with Crippen molar-refractivity contribution in [1.29, 1.82) is 5.26 Å². The van der Waals surface area contributed by atoms with E-state index in [1.165, 1.54) is 0 Å². The molecule has 6 rings (SSSR count). The predicted molar refractivity (Wildman–Crippen MR) is 217 cm³/mol. The summed E-state index contributed by atoms with van der Waals surface area (Å²) in [6.45, 7) is 9.36. The molecule has 2 heterocycles. The van der Waals surface area contributed by atoms with E-state index in [4.69, 9.17) is 35.8 Å². The van der Waals surface area contributed by atoms with E-state index in [0.29, 0.717) is 78.6 Å². The molecule has 0 saturated carbocycles. The fraction of sp³-hybridized carbons (Fsp3) is 0.250. The quantitative estimate of drug-likeness (QED) is 0.103. The maximum Gasteiger partial charge on any atom is 0.246 e. The number of ether oxygens (including phenoxy) is 4. The number of carbonyl (C=O) groups excluding carboxylic acids is 1. The van der Waals surface area contributed by atoms with Crippen molar-refractivity contribution in [2.24, 2.45) is 0 Å². The number of nitriles is 1. The number of pyridine rings is 1. The molecule has 5 aromatic rings. The molecule has 1 amide bonds. The molecule has 0 unspecified atom stereocenters. The van der Waals surface area contributed by atoms with Crippen LogP contribution in [0.3, 0.4) is 0 Å². The Labute approximate surface area is 338 Å². The summed E-state index contributed by atoms with van der Waals surface area (Å²) >= 11 is 6.61. The van der Waals surface area contributed by atoms with Crippen LogP contribution in [-0.2, 0) is 24.6 Å². The minimum Gasteiger partial charge on any atom is -0.491 e. The van der Waals surface area contributed by atoms with E-state index in [-0.39, 0.29) is 36.8 Å². The summed E-state index contributed by atoms with van der Waals surface area (Å²) in [5.74, 6) is 2.42. The normalized spacial score (nSPS) is 12.9. The van der Waals surface area contributed by atoms with Gasteiger partial charge in [0.2, 0.25) is 11.8 Å². The van der Waals surface area contributed by atoms with E-state index >= 15 is 0 Å².